The van der Waals surface area contributed by atoms with E-state index in [1.165, 1.54) is 18.2 Å². The number of aryl methyl sites for hydroxylation is 2. The van der Waals surface area contributed by atoms with Crippen LogP contribution in [-0.2, 0) is 4.79 Å². The minimum Gasteiger partial charge on any atom is -0.489 e. The molecule has 4 heterocycles. The van der Waals surface area contributed by atoms with Crippen molar-refractivity contribution in [1.82, 2.24) is 19.8 Å². The predicted octanol–water partition coefficient (Wildman–Crippen LogP) is 3.17. The SMILES string of the molecule is Cc1nc(C2=C(N)CN(C(=O)c3ccc(F)cc3OC3C[C@H]4CC[C@@H](C3)N4CC(=O)O)C2)nc(C)c1Cl. The first-order chi connectivity index (χ1) is 17.6. The molecule has 1 aromatic heterocycles. The van der Waals surface area contributed by atoms with E-state index in [1.54, 1.807) is 18.7 Å². The topological polar surface area (TPSA) is 122 Å². The molecule has 1 amide bonds. The number of fused-ring (bicyclic) bond motifs is 2. The second-order valence-electron chi connectivity index (χ2n) is 10.00. The summed E-state index contributed by atoms with van der Waals surface area (Å²) in [5, 5.41) is 9.72. The number of aromatic nitrogens is 2. The van der Waals surface area contributed by atoms with Crippen molar-refractivity contribution >= 4 is 29.1 Å². The summed E-state index contributed by atoms with van der Waals surface area (Å²) in [5.74, 6) is -1.06. The van der Waals surface area contributed by atoms with Gasteiger partial charge in [-0.3, -0.25) is 14.5 Å². The Labute approximate surface area is 219 Å². The molecule has 37 heavy (non-hydrogen) atoms. The fraction of sp³-hybridized carbons (Fsp3) is 0.462. The zero-order valence-electron chi connectivity index (χ0n) is 20.7. The first kappa shape index (κ1) is 25.4. The van der Waals surface area contributed by atoms with E-state index in [9.17, 15) is 19.1 Å². The zero-order chi connectivity index (χ0) is 26.4. The Balaban J connectivity index is 1.33. The van der Waals surface area contributed by atoms with Crippen molar-refractivity contribution in [2.24, 2.45) is 5.73 Å². The molecular weight excluding hydrogens is 501 g/mol. The van der Waals surface area contributed by atoms with E-state index >= 15 is 0 Å². The number of carboxylic acid groups (broad SMARTS) is 1. The van der Waals surface area contributed by atoms with Gasteiger partial charge in [0.25, 0.3) is 5.91 Å². The van der Waals surface area contributed by atoms with Crippen LogP contribution in [0.2, 0.25) is 5.02 Å². The molecule has 3 atom stereocenters. The number of benzene rings is 1. The quantitative estimate of drug-likeness (QED) is 0.585. The van der Waals surface area contributed by atoms with Crippen molar-refractivity contribution in [3.05, 3.63) is 57.5 Å². The Morgan fingerprint density at radius 1 is 1.16 bits per heavy atom. The molecule has 3 aliphatic heterocycles. The van der Waals surface area contributed by atoms with Crippen LogP contribution in [0.15, 0.2) is 23.9 Å². The smallest absolute Gasteiger partial charge is 0.317 e. The number of nitrogens with zero attached hydrogens (tertiary/aromatic N) is 4. The van der Waals surface area contributed by atoms with Crippen LogP contribution in [0.3, 0.4) is 0 Å². The summed E-state index contributed by atoms with van der Waals surface area (Å²) >= 11 is 6.20. The maximum absolute atomic E-state index is 14.2. The highest BCUT2D eigenvalue weighted by atomic mass is 35.5. The molecule has 2 saturated heterocycles. The van der Waals surface area contributed by atoms with E-state index < -0.39 is 11.8 Å². The Kier molecular flexibility index (Phi) is 6.80. The zero-order valence-corrected chi connectivity index (χ0v) is 21.5. The lowest BCUT2D eigenvalue weighted by Crippen LogP contribution is -2.48. The minimum absolute atomic E-state index is 0.00779. The Morgan fingerprint density at radius 3 is 2.43 bits per heavy atom. The minimum atomic E-state index is -0.846. The van der Waals surface area contributed by atoms with Crippen molar-refractivity contribution in [2.45, 2.75) is 57.7 Å². The van der Waals surface area contributed by atoms with Gasteiger partial charge in [0.05, 0.1) is 41.6 Å². The normalized spacial score (nSPS) is 23.6. The van der Waals surface area contributed by atoms with E-state index in [4.69, 9.17) is 22.1 Å². The van der Waals surface area contributed by atoms with Crippen LogP contribution < -0.4 is 10.5 Å². The van der Waals surface area contributed by atoms with Gasteiger partial charge in [-0.15, -0.1) is 0 Å². The van der Waals surface area contributed by atoms with E-state index in [0.29, 0.717) is 46.3 Å². The van der Waals surface area contributed by atoms with E-state index in [2.05, 4.69) is 9.97 Å². The van der Waals surface area contributed by atoms with Gasteiger partial charge in [-0.2, -0.15) is 0 Å². The lowest BCUT2D eigenvalue weighted by molar-refractivity contribution is -0.140. The largest absolute Gasteiger partial charge is 0.489 e. The number of amides is 1. The maximum Gasteiger partial charge on any atom is 0.317 e. The molecule has 5 rings (SSSR count). The molecule has 196 valence electrons. The summed E-state index contributed by atoms with van der Waals surface area (Å²) in [6, 6.07) is 4.11. The first-order valence-electron chi connectivity index (χ1n) is 12.3. The summed E-state index contributed by atoms with van der Waals surface area (Å²) in [4.78, 5) is 37.3. The van der Waals surface area contributed by atoms with Gasteiger partial charge < -0.3 is 20.5 Å². The monoisotopic (exact) mass is 529 g/mol. The summed E-state index contributed by atoms with van der Waals surface area (Å²) in [6.45, 7) is 3.98. The van der Waals surface area contributed by atoms with Crippen LogP contribution in [0.25, 0.3) is 5.57 Å². The predicted molar refractivity (Wildman–Crippen MR) is 135 cm³/mol. The number of hydrogen-bond acceptors (Lipinski definition) is 7. The molecular formula is C26H29ClFN5O4. The second-order valence-corrected chi connectivity index (χ2v) is 10.4. The third kappa shape index (κ3) is 5.00. The highest BCUT2D eigenvalue weighted by Crippen LogP contribution is 2.38. The molecule has 2 fully saturated rings. The van der Waals surface area contributed by atoms with Crippen molar-refractivity contribution < 1.29 is 23.8 Å². The van der Waals surface area contributed by atoms with Gasteiger partial charge in [-0.1, -0.05) is 11.6 Å². The highest BCUT2D eigenvalue weighted by Gasteiger charge is 2.42. The molecule has 0 saturated carbocycles. The van der Waals surface area contributed by atoms with E-state index in [0.717, 1.165) is 12.8 Å². The van der Waals surface area contributed by atoms with Gasteiger partial charge >= 0.3 is 5.97 Å². The number of halogens is 2. The van der Waals surface area contributed by atoms with Crippen molar-refractivity contribution in [2.75, 3.05) is 19.6 Å². The van der Waals surface area contributed by atoms with Crippen molar-refractivity contribution in [3.63, 3.8) is 0 Å². The van der Waals surface area contributed by atoms with Gasteiger partial charge in [-0.25, -0.2) is 14.4 Å². The molecule has 0 radical (unpaired) electrons. The van der Waals surface area contributed by atoms with Crippen LogP contribution in [0.4, 0.5) is 4.39 Å². The van der Waals surface area contributed by atoms with E-state index in [1.807, 2.05) is 4.90 Å². The number of piperidine rings is 1. The maximum atomic E-state index is 14.2. The van der Waals surface area contributed by atoms with Gasteiger partial charge in [-0.05, 0) is 51.7 Å². The summed E-state index contributed by atoms with van der Waals surface area (Å²) in [5.41, 5.74) is 8.94. The third-order valence-corrected chi connectivity index (χ3v) is 8.01. The number of carbonyl (C=O) groups excluding carboxylic acids is 1. The average Bonchev–Trinajstić information content (AvgIpc) is 3.32. The van der Waals surface area contributed by atoms with Crippen LogP contribution in [0.1, 0.15) is 53.3 Å². The van der Waals surface area contributed by atoms with E-state index in [-0.39, 0.29) is 55.0 Å². The number of rotatable bonds is 6. The molecule has 1 aromatic carbocycles. The Morgan fingerprint density at radius 2 is 1.81 bits per heavy atom. The average molecular weight is 530 g/mol. The van der Waals surface area contributed by atoms with Gasteiger partial charge in [0.1, 0.15) is 17.7 Å². The molecule has 2 aromatic rings. The van der Waals surface area contributed by atoms with Crippen molar-refractivity contribution in [3.8, 4) is 5.75 Å². The molecule has 3 aliphatic rings. The second kappa shape index (κ2) is 9.90. The lowest BCUT2D eigenvalue weighted by atomic mass is 9.99. The summed E-state index contributed by atoms with van der Waals surface area (Å²) < 4.78 is 20.5. The summed E-state index contributed by atoms with van der Waals surface area (Å²) in [7, 11) is 0. The number of hydrogen-bond donors (Lipinski definition) is 2. The fourth-order valence-electron chi connectivity index (χ4n) is 5.70. The molecule has 3 N–H and O–H groups in total. The fourth-order valence-corrected chi connectivity index (χ4v) is 5.78. The lowest BCUT2D eigenvalue weighted by Gasteiger charge is -2.38. The van der Waals surface area contributed by atoms with Crippen LogP contribution in [0, 0.1) is 19.7 Å². The van der Waals surface area contributed by atoms with Gasteiger partial charge in [0.15, 0.2) is 5.82 Å². The van der Waals surface area contributed by atoms with Crippen LogP contribution >= 0.6 is 11.6 Å². The molecule has 0 aliphatic carbocycles. The standard InChI is InChI=1S/C26H29ClFN5O4/c1-13-24(27)14(2)31-25(30-13)20-10-32(11-21(20)29)26(36)19-6-3-15(28)7-22(19)37-18-8-16-4-5-17(9-18)33(16)12-23(34)35/h3,6-7,16-18H,4-5,8-12,29H2,1-2H3,(H,34,35)/t16-,17+,18?. The Hall–Kier alpha value is -3.24. The number of ether oxygens (including phenoxy) is 1. The first-order valence-corrected chi connectivity index (χ1v) is 12.7. The van der Waals surface area contributed by atoms with Crippen LogP contribution in [-0.4, -0.2) is 74.6 Å². The molecule has 2 bridgehead atoms. The molecule has 11 heteroatoms. The number of carboxylic acids is 1. The summed E-state index contributed by atoms with van der Waals surface area (Å²) in [6.07, 6.45) is 2.83. The molecule has 0 spiro atoms. The van der Waals surface area contributed by atoms with Gasteiger partial charge in [0, 0.05) is 29.4 Å². The highest BCUT2D eigenvalue weighted by molar-refractivity contribution is 6.31. The molecule has 9 nitrogen and oxygen atoms in total. The number of aliphatic carboxylic acids is 1. The number of carbonyl (C=O) groups is 2. The van der Waals surface area contributed by atoms with Gasteiger partial charge in [0.2, 0.25) is 0 Å². The Bertz CT molecular complexity index is 1260. The van der Waals surface area contributed by atoms with Crippen LogP contribution in [0.5, 0.6) is 5.75 Å². The van der Waals surface area contributed by atoms with Crippen molar-refractivity contribution in [1.29, 1.82) is 0 Å². The number of nitrogens with two attached hydrogens (primary N) is 1. The molecule has 1 unspecified atom stereocenters. The third-order valence-electron chi connectivity index (χ3n) is 7.46.